The summed E-state index contributed by atoms with van der Waals surface area (Å²) in [6, 6.07) is 0. The van der Waals surface area contributed by atoms with Gasteiger partial charge >= 0.3 is 0 Å². The summed E-state index contributed by atoms with van der Waals surface area (Å²) < 4.78 is 27.2. The molecule has 2 rings (SSSR count). The normalized spacial score (nSPS) is 21.7. The molecule has 1 aromatic rings. The van der Waals surface area contributed by atoms with Crippen LogP contribution in [0.3, 0.4) is 0 Å². The summed E-state index contributed by atoms with van der Waals surface area (Å²) in [5.41, 5.74) is 0. The second kappa shape index (κ2) is 4.30. The summed E-state index contributed by atoms with van der Waals surface area (Å²) >= 11 is 6.80. The van der Waals surface area contributed by atoms with Crippen LogP contribution in [0.5, 0.6) is 0 Å². The number of hydrogen-bond acceptors (Lipinski definition) is 5. The van der Waals surface area contributed by atoms with Crippen LogP contribution in [0.2, 0.25) is 4.47 Å². The third kappa shape index (κ3) is 2.64. The van der Waals surface area contributed by atoms with E-state index in [1.54, 1.807) is 0 Å². The minimum Gasteiger partial charge on any atom is -0.202 e. The molecule has 0 radical (unpaired) electrons. The highest BCUT2D eigenvalue weighted by Crippen LogP contribution is 2.18. The SMILES string of the molecule is O=S1(=O)NCCCN1Cc1nnc(Cl)s1. The van der Waals surface area contributed by atoms with Gasteiger partial charge in [0.15, 0.2) is 0 Å². The van der Waals surface area contributed by atoms with Crippen LogP contribution >= 0.6 is 22.9 Å². The zero-order valence-corrected chi connectivity index (χ0v) is 10.1. The van der Waals surface area contributed by atoms with Crippen molar-refractivity contribution in [1.29, 1.82) is 0 Å². The molecule has 84 valence electrons. The number of aromatic nitrogens is 2. The van der Waals surface area contributed by atoms with Crippen LogP contribution in [-0.2, 0) is 16.8 Å². The van der Waals surface area contributed by atoms with Gasteiger partial charge in [-0.2, -0.15) is 12.7 Å². The number of rotatable bonds is 2. The highest BCUT2D eigenvalue weighted by Gasteiger charge is 2.26. The van der Waals surface area contributed by atoms with Gasteiger partial charge in [-0.1, -0.05) is 11.3 Å². The lowest BCUT2D eigenvalue weighted by Crippen LogP contribution is -2.46. The first-order valence-electron chi connectivity index (χ1n) is 4.30. The Morgan fingerprint density at radius 2 is 2.33 bits per heavy atom. The summed E-state index contributed by atoms with van der Waals surface area (Å²) in [6.07, 6.45) is 0.797. The van der Waals surface area contributed by atoms with E-state index in [4.69, 9.17) is 11.6 Å². The smallest absolute Gasteiger partial charge is 0.202 e. The molecule has 0 unspecified atom stereocenters. The highest BCUT2D eigenvalue weighted by atomic mass is 35.5. The highest BCUT2D eigenvalue weighted by molar-refractivity contribution is 7.87. The number of nitrogens with one attached hydrogen (secondary N) is 1. The second-order valence-electron chi connectivity index (χ2n) is 3.04. The lowest BCUT2D eigenvalue weighted by molar-refractivity contribution is 0.368. The van der Waals surface area contributed by atoms with Crippen LogP contribution in [0.4, 0.5) is 0 Å². The molecular formula is C6H9ClN4O2S2. The first-order valence-corrected chi connectivity index (χ1v) is 6.94. The van der Waals surface area contributed by atoms with Crippen molar-refractivity contribution in [2.45, 2.75) is 13.0 Å². The van der Waals surface area contributed by atoms with Gasteiger partial charge in [0, 0.05) is 13.1 Å². The molecule has 6 nitrogen and oxygen atoms in total. The number of hydrogen-bond donors (Lipinski definition) is 1. The van der Waals surface area contributed by atoms with Crippen molar-refractivity contribution in [3.63, 3.8) is 0 Å². The van der Waals surface area contributed by atoms with E-state index in [0.717, 1.165) is 6.42 Å². The molecule has 2 heterocycles. The molecule has 1 saturated heterocycles. The summed E-state index contributed by atoms with van der Waals surface area (Å²) in [6.45, 7) is 1.24. The van der Waals surface area contributed by atoms with Crippen molar-refractivity contribution in [1.82, 2.24) is 19.2 Å². The quantitative estimate of drug-likeness (QED) is 0.833. The molecule has 0 spiro atoms. The van der Waals surface area contributed by atoms with E-state index in [9.17, 15) is 8.42 Å². The Morgan fingerprint density at radius 3 is 2.93 bits per heavy atom. The van der Waals surface area contributed by atoms with Crippen LogP contribution in [0.1, 0.15) is 11.4 Å². The van der Waals surface area contributed by atoms with E-state index in [1.807, 2.05) is 0 Å². The molecule has 1 N–H and O–H groups in total. The minimum absolute atomic E-state index is 0.236. The van der Waals surface area contributed by atoms with Gasteiger partial charge < -0.3 is 0 Å². The molecule has 1 aromatic heterocycles. The number of nitrogens with zero attached hydrogens (tertiary/aromatic N) is 3. The number of halogens is 1. The van der Waals surface area contributed by atoms with Crippen molar-refractivity contribution in [3.8, 4) is 0 Å². The maximum absolute atomic E-state index is 11.5. The van der Waals surface area contributed by atoms with E-state index < -0.39 is 10.2 Å². The van der Waals surface area contributed by atoms with Crippen molar-refractivity contribution in [2.75, 3.05) is 13.1 Å². The van der Waals surface area contributed by atoms with Gasteiger partial charge in [-0.3, -0.25) is 0 Å². The maximum Gasteiger partial charge on any atom is 0.279 e. The Morgan fingerprint density at radius 1 is 1.53 bits per heavy atom. The summed E-state index contributed by atoms with van der Waals surface area (Å²) in [5, 5.41) is 8.00. The Hall–Kier alpha value is -0.280. The molecule has 1 aliphatic rings. The topological polar surface area (TPSA) is 75.2 Å². The van der Waals surface area contributed by atoms with Gasteiger partial charge in [-0.15, -0.1) is 10.2 Å². The van der Waals surface area contributed by atoms with Gasteiger partial charge in [-0.25, -0.2) is 4.72 Å². The van der Waals surface area contributed by atoms with Gasteiger partial charge in [0.05, 0.1) is 6.54 Å². The summed E-state index contributed by atoms with van der Waals surface area (Å²) in [5.74, 6) is 0. The zero-order chi connectivity index (χ0) is 10.9. The van der Waals surface area contributed by atoms with Gasteiger partial charge in [0.25, 0.3) is 10.2 Å². The fourth-order valence-corrected chi connectivity index (χ4v) is 3.49. The maximum atomic E-state index is 11.5. The van der Waals surface area contributed by atoms with Crippen LogP contribution in [-0.4, -0.2) is 36.0 Å². The molecule has 0 aromatic carbocycles. The average molecular weight is 269 g/mol. The average Bonchev–Trinajstić information content (AvgIpc) is 2.55. The Balaban J connectivity index is 2.11. The van der Waals surface area contributed by atoms with Crippen molar-refractivity contribution < 1.29 is 8.42 Å². The van der Waals surface area contributed by atoms with Crippen molar-refractivity contribution >= 4 is 33.1 Å². The van der Waals surface area contributed by atoms with E-state index in [-0.39, 0.29) is 6.54 Å². The molecule has 15 heavy (non-hydrogen) atoms. The fourth-order valence-electron chi connectivity index (χ4n) is 1.28. The molecule has 0 aliphatic carbocycles. The monoisotopic (exact) mass is 268 g/mol. The zero-order valence-electron chi connectivity index (χ0n) is 7.68. The van der Waals surface area contributed by atoms with Crippen molar-refractivity contribution in [3.05, 3.63) is 9.47 Å². The van der Waals surface area contributed by atoms with E-state index in [0.29, 0.717) is 22.6 Å². The molecule has 0 atom stereocenters. The standard InChI is InChI=1S/C6H9ClN4O2S2/c7-6-10-9-5(14-6)4-11-3-1-2-8-15(11,12)13/h8H,1-4H2. The van der Waals surface area contributed by atoms with E-state index in [1.165, 1.54) is 15.6 Å². The Kier molecular flexibility index (Phi) is 3.21. The Labute approximate surface area is 96.4 Å². The lowest BCUT2D eigenvalue weighted by Gasteiger charge is -2.25. The van der Waals surface area contributed by atoms with Gasteiger partial charge in [0.2, 0.25) is 4.47 Å². The molecule has 1 aliphatic heterocycles. The second-order valence-corrected chi connectivity index (χ2v) is 6.43. The van der Waals surface area contributed by atoms with Gasteiger partial charge in [0.1, 0.15) is 5.01 Å². The van der Waals surface area contributed by atoms with Crippen LogP contribution in [0.25, 0.3) is 0 Å². The predicted molar refractivity (Wildman–Crippen MR) is 56.9 cm³/mol. The largest absolute Gasteiger partial charge is 0.279 e. The molecule has 0 saturated carbocycles. The van der Waals surface area contributed by atoms with Crippen LogP contribution in [0, 0.1) is 0 Å². The minimum atomic E-state index is -3.33. The van der Waals surface area contributed by atoms with Crippen LogP contribution < -0.4 is 4.72 Å². The van der Waals surface area contributed by atoms with Crippen molar-refractivity contribution in [2.24, 2.45) is 0 Å². The predicted octanol–water partition coefficient (Wildman–Crippen LogP) is 0.232. The third-order valence-corrected chi connectivity index (χ3v) is 4.53. The molecule has 9 heteroatoms. The summed E-state index contributed by atoms with van der Waals surface area (Å²) in [4.78, 5) is 0. The van der Waals surface area contributed by atoms with Crippen LogP contribution in [0.15, 0.2) is 0 Å². The first-order chi connectivity index (χ1) is 7.08. The fraction of sp³-hybridized carbons (Fsp3) is 0.667. The molecular weight excluding hydrogens is 260 g/mol. The molecule has 1 fully saturated rings. The Bertz CT molecular complexity index is 446. The van der Waals surface area contributed by atoms with E-state index >= 15 is 0 Å². The first kappa shape index (κ1) is 11.2. The van der Waals surface area contributed by atoms with E-state index in [2.05, 4.69) is 14.9 Å². The summed E-state index contributed by atoms with van der Waals surface area (Å²) in [7, 11) is -3.33. The van der Waals surface area contributed by atoms with Gasteiger partial charge in [-0.05, 0) is 18.0 Å². The third-order valence-electron chi connectivity index (χ3n) is 1.96. The lowest BCUT2D eigenvalue weighted by atomic mass is 10.4. The molecule has 0 bridgehead atoms. The molecule has 0 amide bonds.